The van der Waals surface area contributed by atoms with Crippen LogP contribution in [-0.2, 0) is 16.1 Å². The highest BCUT2D eigenvalue weighted by molar-refractivity contribution is 7.61. The third-order valence-corrected chi connectivity index (χ3v) is 5.03. The predicted octanol–water partition coefficient (Wildman–Crippen LogP) is 5.23. The highest BCUT2D eigenvalue weighted by Gasteiger charge is 2.18. The van der Waals surface area contributed by atoms with Crippen LogP contribution in [0.3, 0.4) is 0 Å². The largest absolute Gasteiger partial charge is 0.324 e. The molecule has 0 fully saturated rings. The molecule has 2 rings (SSSR count). The van der Waals surface area contributed by atoms with Crippen LogP contribution in [0.15, 0.2) is 29.6 Å². The van der Waals surface area contributed by atoms with Gasteiger partial charge in [-0.2, -0.15) is 0 Å². The lowest BCUT2D eigenvalue weighted by molar-refractivity contribution is 0.573. The Bertz CT molecular complexity index is 648. The van der Waals surface area contributed by atoms with E-state index in [9.17, 15) is 4.57 Å². The molecule has 0 N–H and O–H groups in total. The quantitative estimate of drug-likeness (QED) is 0.727. The summed E-state index contributed by atoms with van der Waals surface area (Å²) in [5.41, 5.74) is 3.45. The van der Waals surface area contributed by atoms with E-state index < -0.39 is 7.14 Å². The molecular weight excluding hydrogens is 285 g/mol. The number of nitrogens with zero attached hydrogens (tertiary/aromatic N) is 1. The summed E-state index contributed by atoms with van der Waals surface area (Å²) in [4.78, 5) is 4.74. The van der Waals surface area contributed by atoms with E-state index in [4.69, 9.17) is 4.98 Å². The number of benzene rings is 1. The van der Waals surface area contributed by atoms with E-state index in [1.165, 1.54) is 0 Å². The lowest BCUT2D eigenvalue weighted by Gasteiger charge is -2.14. The van der Waals surface area contributed by atoms with Crippen molar-refractivity contribution in [3.8, 4) is 10.6 Å². The maximum atomic E-state index is 12.0. The molecule has 0 saturated carbocycles. The maximum Gasteiger partial charge on any atom is 0.123 e. The van der Waals surface area contributed by atoms with E-state index in [2.05, 4.69) is 38.3 Å². The highest BCUT2D eigenvalue weighted by Crippen LogP contribution is 2.41. The fourth-order valence-corrected chi connectivity index (χ4v) is 4.11. The first-order valence-electron chi connectivity index (χ1n) is 6.74. The first kappa shape index (κ1) is 15.5. The Morgan fingerprint density at radius 2 is 1.95 bits per heavy atom. The molecule has 108 valence electrons. The van der Waals surface area contributed by atoms with E-state index >= 15 is 0 Å². The molecule has 0 radical (unpaired) electrons. The van der Waals surface area contributed by atoms with Crippen LogP contribution in [0.25, 0.3) is 10.6 Å². The molecule has 0 amide bonds. The summed E-state index contributed by atoms with van der Waals surface area (Å²) in [5.74, 6) is 0. The Balaban J connectivity index is 2.32. The van der Waals surface area contributed by atoms with Crippen LogP contribution < -0.4 is 0 Å². The van der Waals surface area contributed by atoms with Crippen LogP contribution >= 0.6 is 18.5 Å². The van der Waals surface area contributed by atoms with Crippen molar-refractivity contribution in [3.63, 3.8) is 0 Å². The second kappa shape index (κ2) is 5.46. The van der Waals surface area contributed by atoms with Crippen molar-refractivity contribution in [1.29, 1.82) is 0 Å². The predicted molar refractivity (Wildman–Crippen MR) is 89.4 cm³/mol. The second-order valence-corrected chi connectivity index (χ2v) is 11.0. The molecule has 1 aromatic carbocycles. The van der Waals surface area contributed by atoms with Crippen molar-refractivity contribution >= 4 is 18.5 Å². The van der Waals surface area contributed by atoms with Crippen molar-refractivity contribution < 1.29 is 4.57 Å². The molecule has 20 heavy (non-hydrogen) atoms. The van der Waals surface area contributed by atoms with Crippen LogP contribution in [0.2, 0.25) is 0 Å². The summed E-state index contributed by atoms with van der Waals surface area (Å²) in [6.45, 7) is 10.2. The molecule has 0 spiro atoms. The number of rotatable bonds is 3. The summed E-state index contributed by atoms with van der Waals surface area (Å²) in [6, 6.07) is 8.26. The van der Waals surface area contributed by atoms with Crippen LogP contribution in [0, 0.1) is 0 Å². The second-order valence-electron chi connectivity index (χ2n) is 6.72. The van der Waals surface area contributed by atoms with Crippen LogP contribution in [0.4, 0.5) is 0 Å². The molecule has 0 aliphatic rings. The van der Waals surface area contributed by atoms with Gasteiger partial charge in [-0.05, 0) is 25.0 Å². The van der Waals surface area contributed by atoms with Gasteiger partial charge in [0, 0.05) is 22.5 Å². The normalized spacial score (nSPS) is 12.7. The minimum atomic E-state index is -2.04. The summed E-state index contributed by atoms with van der Waals surface area (Å²) in [5, 5.41) is 3.17. The van der Waals surface area contributed by atoms with Gasteiger partial charge >= 0.3 is 0 Å². The fraction of sp³-hybridized carbons (Fsp3) is 0.438. The molecule has 1 heterocycles. The van der Waals surface area contributed by atoms with Gasteiger partial charge in [0.25, 0.3) is 0 Å². The zero-order valence-corrected chi connectivity index (χ0v) is 14.5. The lowest BCUT2D eigenvalue weighted by Crippen LogP contribution is -2.11. The molecule has 2 aromatic rings. The number of aromatic nitrogens is 1. The van der Waals surface area contributed by atoms with Gasteiger partial charge in [0.2, 0.25) is 0 Å². The van der Waals surface area contributed by atoms with Gasteiger partial charge in [-0.3, -0.25) is 0 Å². The number of thiazole rings is 1. The van der Waals surface area contributed by atoms with Crippen molar-refractivity contribution in [1.82, 2.24) is 4.98 Å². The minimum Gasteiger partial charge on any atom is -0.324 e. The van der Waals surface area contributed by atoms with E-state index in [0.717, 1.165) is 21.8 Å². The molecule has 4 heteroatoms. The van der Waals surface area contributed by atoms with Gasteiger partial charge in [-0.15, -0.1) is 11.3 Å². The lowest BCUT2D eigenvalue weighted by atomic mass is 9.93. The molecule has 0 saturated heterocycles. The highest BCUT2D eigenvalue weighted by atomic mass is 32.1. The van der Waals surface area contributed by atoms with Gasteiger partial charge in [-0.1, -0.05) is 39.0 Å². The first-order chi connectivity index (χ1) is 9.15. The van der Waals surface area contributed by atoms with Crippen molar-refractivity contribution in [2.24, 2.45) is 0 Å². The summed E-state index contributed by atoms with van der Waals surface area (Å²) >= 11 is 1.68. The fourth-order valence-electron chi connectivity index (χ4n) is 1.99. The molecule has 0 unspecified atom stereocenters. The minimum absolute atomic E-state index is 0.0783. The SMILES string of the molecule is CC(C)(C)c1csc(-c2cccc(CP(C)(C)=O)c2)n1. The average molecular weight is 307 g/mol. The molecule has 0 aliphatic carbocycles. The number of hydrogen-bond acceptors (Lipinski definition) is 3. The summed E-state index contributed by atoms with van der Waals surface area (Å²) in [6.07, 6.45) is 0.651. The van der Waals surface area contributed by atoms with E-state index in [1.54, 1.807) is 11.3 Å². The Morgan fingerprint density at radius 1 is 1.25 bits per heavy atom. The molecule has 0 atom stereocenters. The van der Waals surface area contributed by atoms with Gasteiger partial charge in [-0.25, -0.2) is 4.98 Å². The standard InChI is InChI=1S/C16H22NOPS/c1-16(2,3)14-11-20-15(17-14)13-8-6-7-12(9-13)10-19(4,5)18/h6-9,11H,10H2,1-5H3. The van der Waals surface area contributed by atoms with Crippen molar-refractivity contribution in [2.45, 2.75) is 32.3 Å². The number of hydrogen-bond donors (Lipinski definition) is 0. The van der Waals surface area contributed by atoms with Gasteiger partial charge in [0.05, 0.1) is 12.8 Å². The van der Waals surface area contributed by atoms with Crippen LogP contribution in [-0.4, -0.2) is 18.3 Å². The summed E-state index contributed by atoms with van der Waals surface area (Å²) in [7, 11) is -2.04. The maximum absolute atomic E-state index is 12.0. The smallest absolute Gasteiger partial charge is 0.123 e. The van der Waals surface area contributed by atoms with E-state index in [1.807, 2.05) is 25.5 Å². The monoisotopic (exact) mass is 307 g/mol. The van der Waals surface area contributed by atoms with Gasteiger partial charge < -0.3 is 4.57 Å². The molecule has 0 aliphatic heterocycles. The third-order valence-electron chi connectivity index (χ3n) is 3.01. The average Bonchev–Trinajstić information content (AvgIpc) is 2.75. The zero-order valence-electron chi connectivity index (χ0n) is 12.8. The molecular formula is C16H22NOPS. The first-order valence-corrected chi connectivity index (χ1v) is 10.4. The molecule has 1 aromatic heterocycles. The Hall–Kier alpha value is -0.920. The van der Waals surface area contributed by atoms with Crippen molar-refractivity contribution in [3.05, 3.63) is 40.9 Å². The van der Waals surface area contributed by atoms with E-state index in [-0.39, 0.29) is 5.41 Å². The Morgan fingerprint density at radius 3 is 2.50 bits per heavy atom. The topological polar surface area (TPSA) is 30.0 Å². The van der Waals surface area contributed by atoms with Crippen LogP contribution in [0.5, 0.6) is 0 Å². The van der Waals surface area contributed by atoms with E-state index in [0.29, 0.717) is 6.16 Å². The third kappa shape index (κ3) is 4.04. The van der Waals surface area contributed by atoms with Crippen molar-refractivity contribution in [2.75, 3.05) is 13.3 Å². The molecule has 2 nitrogen and oxygen atoms in total. The Labute approximate surface area is 125 Å². The van der Waals surface area contributed by atoms with Gasteiger partial charge in [0.15, 0.2) is 0 Å². The zero-order chi connectivity index (χ0) is 15.0. The van der Waals surface area contributed by atoms with Gasteiger partial charge in [0.1, 0.15) is 5.01 Å². The molecule has 0 bridgehead atoms. The summed E-state index contributed by atoms with van der Waals surface area (Å²) < 4.78 is 12.0. The Kier molecular flexibility index (Phi) is 4.22. The van der Waals surface area contributed by atoms with Crippen LogP contribution in [0.1, 0.15) is 32.0 Å².